The Bertz CT molecular complexity index is 667. The highest BCUT2D eigenvalue weighted by atomic mass is 32.2. The molecule has 0 bridgehead atoms. The predicted octanol–water partition coefficient (Wildman–Crippen LogP) is 2.56. The van der Waals surface area contributed by atoms with E-state index in [0.29, 0.717) is 30.8 Å². The Kier molecular flexibility index (Phi) is 5.71. The molecule has 0 radical (unpaired) electrons. The molecule has 2 rings (SSSR count). The molecule has 1 aromatic carbocycles. The number of aryl methyl sites for hydroxylation is 1. The van der Waals surface area contributed by atoms with Crippen molar-refractivity contribution in [3.8, 4) is 0 Å². The molecule has 24 heavy (non-hydrogen) atoms. The topological polar surface area (TPSA) is 66.5 Å². The molecule has 1 amide bonds. The number of hydrogen-bond acceptors (Lipinski definition) is 3. The molecule has 1 aliphatic heterocycles. The third kappa shape index (κ3) is 4.57. The predicted molar refractivity (Wildman–Crippen MR) is 95.2 cm³/mol. The number of piperidine rings is 1. The number of nitrogens with zero attached hydrogens (tertiary/aromatic N) is 1. The summed E-state index contributed by atoms with van der Waals surface area (Å²) >= 11 is 0. The Balaban J connectivity index is 1.96. The van der Waals surface area contributed by atoms with Gasteiger partial charge in [-0.25, -0.2) is 13.1 Å². The maximum Gasteiger partial charge on any atom is 0.240 e. The van der Waals surface area contributed by atoms with Gasteiger partial charge >= 0.3 is 0 Å². The summed E-state index contributed by atoms with van der Waals surface area (Å²) < 4.78 is 27.7. The monoisotopic (exact) mass is 352 g/mol. The fraction of sp³-hybridized carbons (Fsp3) is 0.611. The van der Waals surface area contributed by atoms with Crippen molar-refractivity contribution in [2.75, 3.05) is 13.1 Å². The minimum atomic E-state index is -3.50. The third-order valence-electron chi connectivity index (χ3n) is 4.39. The average molecular weight is 353 g/mol. The van der Waals surface area contributed by atoms with Gasteiger partial charge in [-0.05, 0) is 37.0 Å². The van der Waals surface area contributed by atoms with Gasteiger partial charge in [0.15, 0.2) is 0 Å². The molecule has 0 aliphatic carbocycles. The first-order chi connectivity index (χ1) is 11.1. The fourth-order valence-corrected chi connectivity index (χ4v) is 4.17. The number of rotatable bonds is 4. The lowest BCUT2D eigenvalue weighted by molar-refractivity contribution is -0.140. The maximum atomic E-state index is 12.5. The van der Waals surface area contributed by atoms with Crippen LogP contribution in [-0.2, 0) is 21.2 Å². The normalized spacial score (nSPS) is 17.1. The van der Waals surface area contributed by atoms with Crippen LogP contribution in [0.15, 0.2) is 29.2 Å². The zero-order valence-corrected chi connectivity index (χ0v) is 15.8. The summed E-state index contributed by atoms with van der Waals surface area (Å²) in [5.74, 6) is 0.124. The Labute approximate surface area is 145 Å². The molecule has 5 nitrogen and oxygen atoms in total. The van der Waals surface area contributed by atoms with Crippen LogP contribution in [0.25, 0.3) is 0 Å². The summed E-state index contributed by atoms with van der Waals surface area (Å²) in [6.45, 7) is 8.95. The van der Waals surface area contributed by atoms with Crippen molar-refractivity contribution in [3.63, 3.8) is 0 Å². The SMILES string of the molecule is CCc1ccc(S(=O)(=O)NC2CCN(C(=O)C(C)(C)C)CC2)cc1. The van der Waals surface area contributed by atoms with Gasteiger partial charge in [-0.15, -0.1) is 0 Å². The van der Waals surface area contributed by atoms with Gasteiger partial charge in [-0.3, -0.25) is 4.79 Å². The highest BCUT2D eigenvalue weighted by molar-refractivity contribution is 7.89. The number of amides is 1. The van der Waals surface area contributed by atoms with Crippen molar-refractivity contribution in [2.45, 2.75) is 57.9 Å². The molecule has 6 heteroatoms. The molecule has 134 valence electrons. The Morgan fingerprint density at radius 2 is 1.71 bits per heavy atom. The van der Waals surface area contributed by atoms with E-state index in [1.54, 1.807) is 12.1 Å². The smallest absolute Gasteiger partial charge is 0.240 e. The number of hydrogen-bond donors (Lipinski definition) is 1. The summed E-state index contributed by atoms with van der Waals surface area (Å²) in [7, 11) is -3.50. The van der Waals surface area contributed by atoms with E-state index >= 15 is 0 Å². The highest BCUT2D eigenvalue weighted by Crippen LogP contribution is 2.22. The van der Waals surface area contributed by atoms with E-state index in [1.165, 1.54) is 0 Å². The first kappa shape index (κ1) is 18.9. The molecule has 1 fully saturated rings. The number of sulfonamides is 1. The summed E-state index contributed by atoms with van der Waals surface area (Å²) in [5.41, 5.74) is 0.718. The summed E-state index contributed by atoms with van der Waals surface area (Å²) in [5, 5.41) is 0. The van der Waals surface area contributed by atoms with E-state index in [1.807, 2.05) is 44.7 Å². The second-order valence-corrected chi connectivity index (χ2v) is 9.15. The minimum absolute atomic E-state index is 0.120. The zero-order valence-electron chi connectivity index (χ0n) is 15.0. The van der Waals surface area contributed by atoms with Crippen LogP contribution in [0.2, 0.25) is 0 Å². The van der Waals surface area contributed by atoms with Crippen LogP contribution in [-0.4, -0.2) is 38.4 Å². The molecule has 0 atom stereocenters. The number of nitrogens with one attached hydrogen (secondary N) is 1. The molecular formula is C18H28N2O3S. The molecule has 1 saturated heterocycles. The van der Waals surface area contributed by atoms with E-state index in [-0.39, 0.29) is 11.9 Å². The fourth-order valence-electron chi connectivity index (χ4n) is 2.87. The van der Waals surface area contributed by atoms with E-state index < -0.39 is 15.4 Å². The van der Waals surface area contributed by atoms with E-state index in [0.717, 1.165) is 12.0 Å². The maximum absolute atomic E-state index is 12.5. The second-order valence-electron chi connectivity index (χ2n) is 7.44. The lowest BCUT2D eigenvalue weighted by Crippen LogP contribution is -2.49. The second kappa shape index (κ2) is 7.23. The van der Waals surface area contributed by atoms with Crippen LogP contribution >= 0.6 is 0 Å². The van der Waals surface area contributed by atoms with Crippen molar-refractivity contribution in [1.82, 2.24) is 9.62 Å². The van der Waals surface area contributed by atoms with Gasteiger partial charge in [0, 0.05) is 24.5 Å². The van der Waals surface area contributed by atoms with Gasteiger partial charge < -0.3 is 4.90 Å². The lowest BCUT2D eigenvalue weighted by atomic mass is 9.93. The van der Waals surface area contributed by atoms with E-state index in [9.17, 15) is 13.2 Å². The van der Waals surface area contributed by atoms with E-state index in [4.69, 9.17) is 0 Å². The molecule has 1 N–H and O–H groups in total. The third-order valence-corrected chi connectivity index (χ3v) is 5.92. The molecule has 0 unspecified atom stereocenters. The molecule has 1 heterocycles. The highest BCUT2D eigenvalue weighted by Gasteiger charge is 2.31. The first-order valence-corrected chi connectivity index (χ1v) is 10.0. The van der Waals surface area contributed by atoms with Gasteiger partial charge in [0.05, 0.1) is 4.90 Å². The van der Waals surface area contributed by atoms with Crippen molar-refractivity contribution < 1.29 is 13.2 Å². The summed E-state index contributed by atoms with van der Waals surface area (Å²) in [6, 6.07) is 6.88. The molecule has 0 saturated carbocycles. The zero-order chi connectivity index (χ0) is 18.0. The standard InChI is InChI=1S/C18H28N2O3S/c1-5-14-6-8-16(9-7-14)24(22,23)19-15-10-12-20(13-11-15)17(21)18(2,3)4/h6-9,15,19H,5,10-13H2,1-4H3. The van der Waals surface area contributed by atoms with Gasteiger partial charge in [0.1, 0.15) is 0 Å². The van der Waals surface area contributed by atoms with Crippen LogP contribution < -0.4 is 4.72 Å². The quantitative estimate of drug-likeness (QED) is 0.906. The van der Waals surface area contributed by atoms with Crippen molar-refractivity contribution >= 4 is 15.9 Å². The summed E-state index contributed by atoms with van der Waals surface area (Å²) in [6.07, 6.45) is 2.18. The number of carbonyl (C=O) groups excluding carboxylic acids is 1. The summed E-state index contributed by atoms with van der Waals surface area (Å²) in [4.78, 5) is 14.4. The van der Waals surface area contributed by atoms with Crippen LogP contribution in [0, 0.1) is 5.41 Å². The Morgan fingerprint density at radius 3 is 2.17 bits per heavy atom. The van der Waals surface area contributed by atoms with Gasteiger partial charge in [-0.2, -0.15) is 0 Å². The molecule has 1 aromatic rings. The number of benzene rings is 1. The lowest BCUT2D eigenvalue weighted by Gasteiger charge is -2.35. The molecule has 0 spiro atoms. The van der Waals surface area contributed by atoms with Crippen molar-refractivity contribution in [3.05, 3.63) is 29.8 Å². The first-order valence-electron chi connectivity index (χ1n) is 8.54. The van der Waals surface area contributed by atoms with Crippen molar-refractivity contribution in [1.29, 1.82) is 0 Å². The number of likely N-dealkylation sites (tertiary alicyclic amines) is 1. The van der Waals surface area contributed by atoms with Crippen LogP contribution in [0.3, 0.4) is 0 Å². The van der Waals surface area contributed by atoms with Gasteiger partial charge in [0.2, 0.25) is 15.9 Å². The molecular weight excluding hydrogens is 324 g/mol. The van der Waals surface area contributed by atoms with Crippen LogP contribution in [0.5, 0.6) is 0 Å². The number of carbonyl (C=O) groups is 1. The van der Waals surface area contributed by atoms with Crippen LogP contribution in [0.4, 0.5) is 0 Å². The minimum Gasteiger partial charge on any atom is -0.342 e. The molecule has 1 aliphatic rings. The largest absolute Gasteiger partial charge is 0.342 e. The van der Waals surface area contributed by atoms with Gasteiger partial charge in [0.25, 0.3) is 0 Å². The van der Waals surface area contributed by atoms with Crippen LogP contribution in [0.1, 0.15) is 46.1 Å². The Morgan fingerprint density at radius 1 is 1.17 bits per heavy atom. The van der Waals surface area contributed by atoms with Crippen molar-refractivity contribution in [2.24, 2.45) is 5.41 Å². The average Bonchev–Trinajstić information content (AvgIpc) is 2.54. The van der Waals surface area contributed by atoms with E-state index in [2.05, 4.69) is 4.72 Å². The Hall–Kier alpha value is -1.40. The van der Waals surface area contributed by atoms with Gasteiger partial charge in [-0.1, -0.05) is 39.8 Å². The molecule has 0 aromatic heterocycles.